The van der Waals surface area contributed by atoms with Gasteiger partial charge < -0.3 is 5.32 Å². The fourth-order valence-electron chi connectivity index (χ4n) is 2.12. The predicted molar refractivity (Wildman–Crippen MR) is 87.5 cm³/mol. The number of hydrogen-bond acceptors (Lipinski definition) is 2. The molecule has 1 aromatic heterocycles. The van der Waals surface area contributed by atoms with Crippen LogP contribution in [0.2, 0.25) is 5.02 Å². The molecule has 2 aromatic rings. The maximum absolute atomic E-state index is 6.19. The minimum absolute atomic E-state index is 0.315. The minimum Gasteiger partial charge on any atom is -0.313 e. The summed E-state index contributed by atoms with van der Waals surface area (Å²) in [6.45, 7) is 0. The molecule has 1 unspecified atom stereocenters. The molecule has 1 N–H and O–H groups in total. The van der Waals surface area contributed by atoms with Gasteiger partial charge in [0.2, 0.25) is 0 Å². The van der Waals surface area contributed by atoms with Crippen LogP contribution in [-0.4, -0.2) is 16.8 Å². The van der Waals surface area contributed by atoms with Gasteiger partial charge in [-0.3, -0.25) is 4.68 Å². The topological polar surface area (TPSA) is 29.9 Å². The van der Waals surface area contributed by atoms with Crippen molar-refractivity contribution in [2.75, 3.05) is 7.05 Å². The van der Waals surface area contributed by atoms with Gasteiger partial charge >= 0.3 is 0 Å². The number of rotatable bonds is 5. The molecule has 2 rings (SSSR count). The highest BCUT2D eigenvalue weighted by atomic mass is 127. The first kappa shape index (κ1) is 14.8. The molecule has 0 aliphatic carbocycles. The van der Waals surface area contributed by atoms with Crippen LogP contribution in [0.4, 0.5) is 0 Å². The highest BCUT2D eigenvalue weighted by Crippen LogP contribution is 2.25. The largest absolute Gasteiger partial charge is 0.313 e. The van der Waals surface area contributed by atoms with E-state index in [-0.39, 0.29) is 0 Å². The summed E-state index contributed by atoms with van der Waals surface area (Å²) < 4.78 is 2.93. The quantitative estimate of drug-likeness (QED) is 0.792. The summed E-state index contributed by atoms with van der Waals surface area (Å²) in [7, 11) is 3.93. The van der Waals surface area contributed by atoms with Crippen molar-refractivity contribution in [3.8, 4) is 0 Å². The maximum atomic E-state index is 6.19. The lowest BCUT2D eigenvalue weighted by atomic mass is 10.0. The molecule has 1 atom stereocenters. The van der Waals surface area contributed by atoms with Crippen LogP contribution in [0.1, 0.15) is 23.6 Å². The number of nitrogens with zero attached hydrogens (tertiary/aromatic N) is 2. The Kier molecular flexibility index (Phi) is 5.24. The highest BCUT2D eigenvalue weighted by Gasteiger charge is 2.11. The van der Waals surface area contributed by atoms with Gasteiger partial charge in [0.25, 0.3) is 0 Å². The lowest BCUT2D eigenvalue weighted by molar-refractivity contribution is 0.549. The molecule has 0 fully saturated rings. The SMILES string of the molecule is CNC(CCc1cnn(C)c1)c1ccc(I)c(Cl)c1. The first-order valence-electron chi connectivity index (χ1n) is 6.20. The molecule has 0 aliphatic rings. The third-order valence-electron chi connectivity index (χ3n) is 3.17. The molecule has 1 heterocycles. The van der Waals surface area contributed by atoms with E-state index < -0.39 is 0 Å². The molecule has 0 spiro atoms. The van der Waals surface area contributed by atoms with Crippen LogP contribution in [0.15, 0.2) is 30.6 Å². The Bertz CT molecular complexity index is 553. The fraction of sp³-hybridized carbons (Fsp3) is 0.357. The van der Waals surface area contributed by atoms with Gasteiger partial charge in [0.1, 0.15) is 0 Å². The third-order valence-corrected chi connectivity index (χ3v) is 4.75. The van der Waals surface area contributed by atoms with Crippen LogP contribution in [0.25, 0.3) is 0 Å². The second-order valence-corrected chi connectivity index (χ2v) is 6.15. The van der Waals surface area contributed by atoms with E-state index in [2.05, 4.69) is 51.3 Å². The van der Waals surface area contributed by atoms with Gasteiger partial charge in [0, 0.05) is 22.9 Å². The summed E-state index contributed by atoms with van der Waals surface area (Å²) in [6.07, 6.45) is 6.02. The van der Waals surface area contributed by atoms with E-state index in [1.165, 1.54) is 11.1 Å². The molecular weight excluding hydrogens is 373 g/mol. The maximum Gasteiger partial charge on any atom is 0.0542 e. The van der Waals surface area contributed by atoms with Crippen LogP contribution in [-0.2, 0) is 13.5 Å². The van der Waals surface area contributed by atoms with Gasteiger partial charge in [-0.15, -0.1) is 0 Å². The van der Waals surface area contributed by atoms with Crippen molar-refractivity contribution in [2.24, 2.45) is 7.05 Å². The Morgan fingerprint density at radius 2 is 2.26 bits per heavy atom. The first-order chi connectivity index (χ1) is 9.10. The summed E-state index contributed by atoms with van der Waals surface area (Å²) in [6, 6.07) is 6.56. The number of halogens is 2. The van der Waals surface area contributed by atoms with Crippen molar-refractivity contribution in [3.05, 3.63) is 50.3 Å². The van der Waals surface area contributed by atoms with E-state index >= 15 is 0 Å². The van der Waals surface area contributed by atoms with Crippen molar-refractivity contribution in [2.45, 2.75) is 18.9 Å². The van der Waals surface area contributed by atoms with Crippen LogP contribution in [0, 0.1) is 3.57 Å². The van der Waals surface area contributed by atoms with Crippen molar-refractivity contribution < 1.29 is 0 Å². The van der Waals surface area contributed by atoms with Crippen molar-refractivity contribution in [3.63, 3.8) is 0 Å². The van der Waals surface area contributed by atoms with E-state index in [1.54, 1.807) is 0 Å². The van der Waals surface area contributed by atoms with Gasteiger partial charge in [-0.2, -0.15) is 5.10 Å². The highest BCUT2D eigenvalue weighted by molar-refractivity contribution is 14.1. The molecule has 0 saturated carbocycles. The second kappa shape index (κ2) is 6.72. The second-order valence-electron chi connectivity index (χ2n) is 4.58. The Hall–Kier alpha value is -0.590. The molecule has 0 aliphatic heterocycles. The Morgan fingerprint density at radius 3 is 2.84 bits per heavy atom. The summed E-state index contributed by atoms with van der Waals surface area (Å²) in [5, 5.41) is 8.37. The zero-order chi connectivity index (χ0) is 13.8. The van der Waals surface area contributed by atoms with E-state index in [0.717, 1.165) is 21.4 Å². The van der Waals surface area contributed by atoms with E-state index in [9.17, 15) is 0 Å². The summed E-state index contributed by atoms with van der Waals surface area (Å²) in [4.78, 5) is 0. The Morgan fingerprint density at radius 1 is 1.47 bits per heavy atom. The molecule has 3 nitrogen and oxygen atoms in total. The molecule has 19 heavy (non-hydrogen) atoms. The van der Waals surface area contributed by atoms with Gasteiger partial charge in [-0.05, 0) is 65.7 Å². The van der Waals surface area contributed by atoms with E-state index in [0.29, 0.717) is 6.04 Å². The fourth-order valence-corrected chi connectivity index (χ4v) is 2.64. The molecule has 5 heteroatoms. The normalized spacial score (nSPS) is 12.6. The van der Waals surface area contributed by atoms with Crippen molar-refractivity contribution >= 4 is 34.2 Å². The van der Waals surface area contributed by atoms with Gasteiger partial charge in [0.15, 0.2) is 0 Å². The molecule has 0 saturated heterocycles. The number of aromatic nitrogens is 2. The summed E-state index contributed by atoms with van der Waals surface area (Å²) in [5.74, 6) is 0. The smallest absolute Gasteiger partial charge is 0.0542 e. The van der Waals surface area contributed by atoms with Crippen LogP contribution >= 0.6 is 34.2 Å². The lowest BCUT2D eigenvalue weighted by Crippen LogP contribution is -2.17. The number of benzene rings is 1. The minimum atomic E-state index is 0.315. The van der Waals surface area contributed by atoms with E-state index in [1.807, 2.05) is 31.0 Å². The average molecular weight is 390 g/mol. The lowest BCUT2D eigenvalue weighted by Gasteiger charge is -2.17. The Labute approximate surface area is 132 Å². The molecule has 0 radical (unpaired) electrons. The van der Waals surface area contributed by atoms with Gasteiger partial charge in [-0.1, -0.05) is 17.7 Å². The molecular formula is C14H17ClIN3. The number of aryl methyl sites for hydroxylation is 2. The summed E-state index contributed by atoms with van der Waals surface area (Å²) >= 11 is 8.43. The number of hydrogen-bond donors (Lipinski definition) is 1. The monoisotopic (exact) mass is 389 g/mol. The Balaban J connectivity index is 2.05. The zero-order valence-electron chi connectivity index (χ0n) is 11.0. The van der Waals surface area contributed by atoms with Gasteiger partial charge in [-0.25, -0.2) is 0 Å². The molecule has 0 amide bonds. The zero-order valence-corrected chi connectivity index (χ0v) is 13.9. The van der Waals surface area contributed by atoms with Crippen molar-refractivity contribution in [1.29, 1.82) is 0 Å². The molecule has 1 aromatic carbocycles. The number of nitrogens with one attached hydrogen (secondary N) is 1. The van der Waals surface area contributed by atoms with Crippen molar-refractivity contribution in [1.82, 2.24) is 15.1 Å². The molecule has 102 valence electrons. The van der Waals surface area contributed by atoms with Crippen LogP contribution in [0.3, 0.4) is 0 Å². The van der Waals surface area contributed by atoms with Crippen LogP contribution in [0.5, 0.6) is 0 Å². The first-order valence-corrected chi connectivity index (χ1v) is 7.65. The van der Waals surface area contributed by atoms with E-state index in [4.69, 9.17) is 11.6 Å². The molecule has 0 bridgehead atoms. The third kappa shape index (κ3) is 3.94. The predicted octanol–water partition coefficient (Wildman–Crippen LogP) is 3.57. The van der Waals surface area contributed by atoms with Crippen LogP contribution < -0.4 is 5.32 Å². The standard InChI is InChI=1S/C14H17ClIN3/c1-17-14(6-3-10-8-18-19(2)9-10)11-4-5-13(16)12(15)7-11/h4-5,7-9,14,17H,3,6H2,1-2H3. The average Bonchev–Trinajstić information content (AvgIpc) is 2.80. The summed E-state index contributed by atoms with van der Waals surface area (Å²) in [5.41, 5.74) is 2.50. The van der Waals surface area contributed by atoms with Gasteiger partial charge in [0.05, 0.1) is 11.2 Å².